The molecular weight excluding hydrogens is 228 g/mol. The first kappa shape index (κ1) is 16.8. The van der Waals surface area contributed by atoms with Gasteiger partial charge in [-0.25, -0.2) is 0 Å². The van der Waals surface area contributed by atoms with Crippen molar-refractivity contribution >= 4 is 14.1 Å². The molecule has 0 unspecified atom stereocenters. The van der Waals surface area contributed by atoms with E-state index in [1.54, 1.807) is 0 Å². The third-order valence-corrected chi connectivity index (χ3v) is 8.14. The van der Waals surface area contributed by atoms with E-state index in [0.29, 0.717) is 12.2 Å². The van der Waals surface area contributed by atoms with E-state index in [1.165, 1.54) is 0 Å². The van der Waals surface area contributed by atoms with Crippen LogP contribution in [0, 0.1) is 0 Å². The maximum atomic E-state index is 12.0. The second-order valence-corrected chi connectivity index (χ2v) is 11.1. The molecule has 0 saturated heterocycles. The van der Waals surface area contributed by atoms with Crippen LogP contribution in [0.4, 0.5) is 0 Å². The highest BCUT2D eigenvalue weighted by Crippen LogP contribution is 2.37. The summed E-state index contributed by atoms with van der Waals surface area (Å²) < 4.78 is 6.25. The number of rotatable bonds is 7. The Balaban J connectivity index is 4.70. The van der Waals surface area contributed by atoms with Crippen LogP contribution in [0.25, 0.3) is 0 Å². The molecule has 0 aromatic heterocycles. The zero-order chi connectivity index (χ0) is 13.7. The van der Waals surface area contributed by atoms with E-state index in [2.05, 4.69) is 40.8 Å². The SMILES string of the molecule is CCCC(=O)[C@H](CCC)O[Si](C)(C)C(C)(C)C. The van der Waals surface area contributed by atoms with Crippen LogP contribution in [0.3, 0.4) is 0 Å². The van der Waals surface area contributed by atoms with Gasteiger partial charge in [-0.15, -0.1) is 0 Å². The van der Waals surface area contributed by atoms with Crippen LogP contribution in [0.1, 0.15) is 60.3 Å². The molecule has 102 valence electrons. The molecule has 0 aliphatic carbocycles. The highest BCUT2D eigenvalue weighted by Gasteiger charge is 2.40. The van der Waals surface area contributed by atoms with Crippen LogP contribution in [0.5, 0.6) is 0 Å². The Morgan fingerprint density at radius 1 is 1.18 bits per heavy atom. The second kappa shape index (κ2) is 6.69. The molecule has 17 heavy (non-hydrogen) atoms. The predicted octanol–water partition coefficient (Wildman–Crippen LogP) is 4.55. The molecule has 0 radical (unpaired) electrons. The van der Waals surface area contributed by atoms with Crippen LogP contribution >= 0.6 is 0 Å². The average molecular weight is 258 g/mol. The highest BCUT2D eigenvalue weighted by atomic mass is 28.4. The third-order valence-electron chi connectivity index (χ3n) is 3.65. The number of carbonyl (C=O) groups is 1. The fourth-order valence-corrected chi connectivity index (χ4v) is 2.80. The number of Topliss-reactive ketones (excluding diaryl/α,β-unsaturated/α-hetero) is 1. The van der Waals surface area contributed by atoms with Gasteiger partial charge in [0, 0.05) is 6.42 Å². The Hall–Kier alpha value is -0.153. The topological polar surface area (TPSA) is 26.3 Å². The van der Waals surface area contributed by atoms with Crippen molar-refractivity contribution in [3.8, 4) is 0 Å². The average Bonchev–Trinajstić information content (AvgIpc) is 2.15. The van der Waals surface area contributed by atoms with Gasteiger partial charge in [-0.05, 0) is 31.0 Å². The molecule has 0 heterocycles. The summed E-state index contributed by atoms with van der Waals surface area (Å²) in [6, 6.07) is 0. The molecule has 0 aliphatic rings. The molecule has 0 aromatic carbocycles. The molecule has 0 rings (SSSR count). The van der Waals surface area contributed by atoms with E-state index in [4.69, 9.17) is 4.43 Å². The Morgan fingerprint density at radius 2 is 1.71 bits per heavy atom. The van der Waals surface area contributed by atoms with Gasteiger partial charge in [0.25, 0.3) is 0 Å². The second-order valence-electron chi connectivity index (χ2n) is 6.37. The first-order valence-electron chi connectivity index (χ1n) is 6.86. The minimum Gasteiger partial charge on any atom is -0.407 e. The lowest BCUT2D eigenvalue weighted by Gasteiger charge is -2.38. The molecule has 0 saturated carbocycles. The third kappa shape index (κ3) is 5.34. The van der Waals surface area contributed by atoms with Gasteiger partial charge >= 0.3 is 0 Å². The minimum absolute atomic E-state index is 0.166. The van der Waals surface area contributed by atoms with Crippen LogP contribution in [-0.4, -0.2) is 20.2 Å². The zero-order valence-corrected chi connectivity index (χ0v) is 13.7. The number of hydrogen-bond donors (Lipinski definition) is 0. The largest absolute Gasteiger partial charge is 0.407 e. The number of ketones is 1. The lowest BCUT2D eigenvalue weighted by atomic mass is 10.1. The molecule has 0 bridgehead atoms. The lowest BCUT2D eigenvalue weighted by Crippen LogP contribution is -2.46. The van der Waals surface area contributed by atoms with E-state index in [-0.39, 0.29) is 11.1 Å². The van der Waals surface area contributed by atoms with Gasteiger partial charge in [-0.1, -0.05) is 41.0 Å². The summed E-state index contributed by atoms with van der Waals surface area (Å²) in [4.78, 5) is 12.0. The summed E-state index contributed by atoms with van der Waals surface area (Å²) in [6.45, 7) is 15.2. The van der Waals surface area contributed by atoms with Crippen LogP contribution in [0.15, 0.2) is 0 Å². The number of hydrogen-bond acceptors (Lipinski definition) is 2. The summed E-state index contributed by atoms with van der Waals surface area (Å²) in [5.41, 5.74) is 0. The predicted molar refractivity (Wildman–Crippen MR) is 76.9 cm³/mol. The maximum Gasteiger partial charge on any atom is 0.193 e. The van der Waals surface area contributed by atoms with Gasteiger partial charge in [-0.2, -0.15) is 0 Å². The summed E-state index contributed by atoms with van der Waals surface area (Å²) in [6.07, 6.45) is 3.28. The Morgan fingerprint density at radius 3 is 2.06 bits per heavy atom. The Labute approximate surface area is 108 Å². The summed E-state index contributed by atoms with van der Waals surface area (Å²) in [5.74, 6) is 0.291. The first-order valence-corrected chi connectivity index (χ1v) is 9.77. The van der Waals surface area contributed by atoms with Crippen LogP contribution in [0.2, 0.25) is 18.1 Å². The molecule has 0 amide bonds. The van der Waals surface area contributed by atoms with Crippen molar-refractivity contribution in [2.75, 3.05) is 0 Å². The van der Waals surface area contributed by atoms with E-state index < -0.39 is 8.32 Å². The van der Waals surface area contributed by atoms with Crippen molar-refractivity contribution in [3.63, 3.8) is 0 Å². The molecule has 0 spiro atoms. The first-order chi connectivity index (χ1) is 7.65. The van der Waals surface area contributed by atoms with Crippen molar-refractivity contribution in [2.45, 2.75) is 84.5 Å². The van der Waals surface area contributed by atoms with E-state index in [0.717, 1.165) is 19.3 Å². The van der Waals surface area contributed by atoms with E-state index >= 15 is 0 Å². The van der Waals surface area contributed by atoms with Gasteiger partial charge in [0.05, 0.1) is 0 Å². The molecule has 0 aromatic rings. The van der Waals surface area contributed by atoms with Crippen LogP contribution < -0.4 is 0 Å². The summed E-state index contributed by atoms with van der Waals surface area (Å²) >= 11 is 0. The van der Waals surface area contributed by atoms with Crippen molar-refractivity contribution in [3.05, 3.63) is 0 Å². The van der Waals surface area contributed by atoms with Gasteiger partial charge in [-0.3, -0.25) is 4.79 Å². The molecule has 0 fully saturated rings. The fourth-order valence-electron chi connectivity index (χ4n) is 1.49. The molecule has 2 nitrogen and oxygen atoms in total. The molecule has 1 atom stereocenters. The van der Waals surface area contributed by atoms with Crippen LogP contribution in [-0.2, 0) is 9.22 Å². The fraction of sp³-hybridized carbons (Fsp3) is 0.929. The monoisotopic (exact) mass is 258 g/mol. The summed E-state index contributed by atoms with van der Waals surface area (Å²) in [5, 5.41) is 0.172. The normalized spacial score (nSPS) is 14.8. The smallest absolute Gasteiger partial charge is 0.193 e. The Bertz CT molecular complexity index is 241. The van der Waals surface area contributed by atoms with Crippen molar-refractivity contribution in [1.29, 1.82) is 0 Å². The van der Waals surface area contributed by atoms with Gasteiger partial charge in [0.15, 0.2) is 14.1 Å². The minimum atomic E-state index is -1.82. The van der Waals surface area contributed by atoms with Crippen molar-refractivity contribution < 1.29 is 9.22 Å². The van der Waals surface area contributed by atoms with E-state index in [9.17, 15) is 4.79 Å². The zero-order valence-electron chi connectivity index (χ0n) is 12.7. The molecular formula is C14H30O2Si. The number of carbonyl (C=O) groups excluding carboxylic acids is 1. The summed E-state index contributed by atoms with van der Waals surface area (Å²) in [7, 11) is -1.82. The van der Waals surface area contributed by atoms with Gasteiger partial charge in [0.2, 0.25) is 0 Å². The quantitative estimate of drug-likeness (QED) is 0.626. The lowest BCUT2D eigenvalue weighted by molar-refractivity contribution is -0.126. The maximum absolute atomic E-state index is 12.0. The standard InChI is InChI=1S/C14H30O2Si/c1-8-10-12(15)13(11-9-2)16-17(6,7)14(3,4)5/h13H,8-11H2,1-7H3/t13-/m0/s1. The van der Waals surface area contributed by atoms with Crippen molar-refractivity contribution in [1.82, 2.24) is 0 Å². The van der Waals surface area contributed by atoms with Gasteiger partial charge in [0.1, 0.15) is 6.10 Å². The molecule has 0 N–H and O–H groups in total. The van der Waals surface area contributed by atoms with Crippen molar-refractivity contribution in [2.24, 2.45) is 0 Å². The highest BCUT2D eigenvalue weighted by molar-refractivity contribution is 6.74. The Kier molecular flexibility index (Phi) is 6.63. The molecule has 3 heteroatoms. The molecule has 0 aliphatic heterocycles. The van der Waals surface area contributed by atoms with E-state index in [1.807, 2.05) is 6.92 Å². The van der Waals surface area contributed by atoms with Gasteiger partial charge < -0.3 is 4.43 Å².